The van der Waals surface area contributed by atoms with Crippen LogP contribution in [0.1, 0.15) is 39.0 Å². The van der Waals surface area contributed by atoms with Crippen molar-refractivity contribution in [1.82, 2.24) is 4.90 Å². The Kier molecular flexibility index (Phi) is 6.98. The van der Waals surface area contributed by atoms with Crippen molar-refractivity contribution < 1.29 is 9.84 Å². The molecule has 0 radical (unpaired) electrons. The minimum Gasteiger partial charge on any atom is -0.395 e. The highest BCUT2D eigenvalue weighted by Gasteiger charge is 2.16. The lowest BCUT2D eigenvalue weighted by Crippen LogP contribution is -2.31. The molecule has 1 rings (SSSR count). The standard InChI is InChI=1S/C12H25NO2/c1-2-3-7-13(9-10-14)8-6-12-5-4-11-15-12/h12,14H,2-11H2,1H3. The first-order valence-corrected chi connectivity index (χ1v) is 6.31. The van der Waals surface area contributed by atoms with Crippen molar-refractivity contribution in [2.24, 2.45) is 0 Å². The van der Waals surface area contributed by atoms with Gasteiger partial charge in [-0.15, -0.1) is 0 Å². The van der Waals surface area contributed by atoms with Crippen molar-refractivity contribution in [3.8, 4) is 0 Å². The highest BCUT2D eigenvalue weighted by Crippen LogP contribution is 2.15. The van der Waals surface area contributed by atoms with Gasteiger partial charge >= 0.3 is 0 Å². The molecule has 1 fully saturated rings. The SMILES string of the molecule is CCCCN(CCO)CCC1CCCO1. The highest BCUT2D eigenvalue weighted by molar-refractivity contribution is 4.68. The maximum Gasteiger partial charge on any atom is 0.0588 e. The van der Waals surface area contributed by atoms with Crippen molar-refractivity contribution in [2.45, 2.75) is 45.1 Å². The highest BCUT2D eigenvalue weighted by atomic mass is 16.5. The largest absolute Gasteiger partial charge is 0.395 e. The molecule has 3 heteroatoms. The van der Waals surface area contributed by atoms with E-state index in [0.29, 0.717) is 6.10 Å². The van der Waals surface area contributed by atoms with Crippen LogP contribution in [-0.4, -0.2) is 49.0 Å². The molecule has 1 saturated heterocycles. The number of unbranched alkanes of at least 4 members (excludes halogenated alkanes) is 1. The second-order valence-corrected chi connectivity index (χ2v) is 4.34. The molecule has 0 aromatic carbocycles. The molecule has 15 heavy (non-hydrogen) atoms. The zero-order valence-corrected chi connectivity index (χ0v) is 9.95. The van der Waals surface area contributed by atoms with Gasteiger partial charge in [-0.05, 0) is 32.2 Å². The van der Waals surface area contributed by atoms with Gasteiger partial charge in [0.05, 0.1) is 12.7 Å². The van der Waals surface area contributed by atoms with E-state index in [-0.39, 0.29) is 6.61 Å². The smallest absolute Gasteiger partial charge is 0.0588 e. The molecule has 90 valence electrons. The zero-order chi connectivity index (χ0) is 10.9. The summed E-state index contributed by atoms with van der Waals surface area (Å²) in [5.74, 6) is 0. The third kappa shape index (κ3) is 5.50. The Bertz CT molecular complexity index is 147. The van der Waals surface area contributed by atoms with E-state index < -0.39 is 0 Å². The van der Waals surface area contributed by atoms with E-state index in [2.05, 4.69) is 11.8 Å². The van der Waals surface area contributed by atoms with Crippen molar-refractivity contribution in [1.29, 1.82) is 0 Å². The van der Waals surface area contributed by atoms with Crippen LogP contribution in [0.4, 0.5) is 0 Å². The molecular formula is C12H25NO2. The molecule has 3 nitrogen and oxygen atoms in total. The van der Waals surface area contributed by atoms with Gasteiger partial charge < -0.3 is 14.7 Å². The lowest BCUT2D eigenvalue weighted by Gasteiger charge is -2.22. The number of hydrogen-bond donors (Lipinski definition) is 1. The molecule has 0 amide bonds. The lowest BCUT2D eigenvalue weighted by atomic mass is 10.1. The molecule has 0 aliphatic carbocycles. The van der Waals surface area contributed by atoms with Gasteiger partial charge in [0, 0.05) is 19.7 Å². The summed E-state index contributed by atoms with van der Waals surface area (Å²) in [4.78, 5) is 2.35. The first-order chi connectivity index (χ1) is 7.36. The summed E-state index contributed by atoms with van der Waals surface area (Å²) in [5, 5.41) is 8.96. The first-order valence-electron chi connectivity index (χ1n) is 6.31. The summed E-state index contributed by atoms with van der Waals surface area (Å²) in [6, 6.07) is 0. The topological polar surface area (TPSA) is 32.7 Å². The monoisotopic (exact) mass is 215 g/mol. The summed E-state index contributed by atoms with van der Waals surface area (Å²) < 4.78 is 5.60. The fourth-order valence-electron chi connectivity index (χ4n) is 2.06. The number of nitrogens with zero attached hydrogens (tertiary/aromatic N) is 1. The Morgan fingerprint density at radius 2 is 2.20 bits per heavy atom. The predicted molar refractivity (Wildman–Crippen MR) is 62.0 cm³/mol. The molecule has 0 spiro atoms. The van der Waals surface area contributed by atoms with Crippen LogP contribution in [0.3, 0.4) is 0 Å². The van der Waals surface area contributed by atoms with Gasteiger partial charge in [-0.25, -0.2) is 0 Å². The molecule has 1 aliphatic rings. The molecule has 1 heterocycles. The molecule has 0 bridgehead atoms. The normalized spacial score (nSPS) is 21.4. The maximum absolute atomic E-state index is 8.96. The van der Waals surface area contributed by atoms with E-state index in [0.717, 1.165) is 32.7 Å². The Morgan fingerprint density at radius 1 is 1.33 bits per heavy atom. The summed E-state index contributed by atoms with van der Waals surface area (Å²) in [7, 11) is 0. The van der Waals surface area contributed by atoms with E-state index in [9.17, 15) is 0 Å². The molecule has 1 unspecified atom stereocenters. The summed E-state index contributed by atoms with van der Waals surface area (Å²) >= 11 is 0. The Balaban J connectivity index is 2.11. The van der Waals surface area contributed by atoms with Crippen LogP contribution in [-0.2, 0) is 4.74 Å². The Labute approximate surface area is 93.4 Å². The van der Waals surface area contributed by atoms with Gasteiger partial charge in [-0.1, -0.05) is 13.3 Å². The average Bonchev–Trinajstić information content (AvgIpc) is 2.75. The summed E-state index contributed by atoms with van der Waals surface area (Å²) in [6.07, 6.45) is 6.50. The fraction of sp³-hybridized carbons (Fsp3) is 1.00. The van der Waals surface area contributed by atoms with E-state index in [4.69, 9.17) is 9.84 Å². The van der Waals surface area contributed by atoms with Crippen molar-refractivity contribution in [2.75, 3.05) is 32.8 Å². The van der Waals surface area contributed by atoms with E-state index in [1.54, 1.807) is 0 Å². The minimum absolute atomic E-state index is 0.273. The van der Waals surface area contributed by atoms with Gasteiger partial charge in [0.1, 0.15) is 0 Å². The van der Waals surface area contributed by atoms with Gasteiger partial charge in [-0.3, -0.25) is 0 Å². The number of aliphatic hydroxyl groups is 1. The summed E-state index contributed by atoms with van der Waals surface area (Å²) in [5.41, 5.74) is 0. The fourth-order valence-corrected chi connectivity index (χ4v) is 2.06. The van der Waals surface area contributed by atoms with Crippen molar-refractivity contribution in [3.63, 3.8) is 0 Å². The van der Waals surface area contributed by atoms with Crippen LogP contribution in [0, 0.1) is 0 Å². The van der Waals surface area contributed by atoms with Gasteiger partial charge in [0.25, 0.3) is 0 Å². The van der Waals surface area contributed by atoms with E-state index in [1.807, 2.05) is 0 Å². The van der Waals surface area contributed by atoms with Crippen molar-refractivity contribution >= 4 is 0 Å². The van der Waals surface area contributed by atoms with Crippen LogP contribution in [0.5, 0.6) is 0 Å². The number of rotatable bonds is 8. The number of ether oxygens (including phenoxy) is 1. The van der Waals surface area contributed by atoms with E-state index >= 15 is 0 Å². The Morgan fingerprint density at radius 3 is 2.80 bits per heavy atom. The van der Waals surface area contributed by atoms with Crippen LogP contribution in [0.25, 0.3) is 0 Å². The van der Waals surface area contributed by atoms with Gasteiger partial charge in [0.2, 0.25) is 0 Å². The van der Waals surface area contributed by atoms with Gasteiger partial charge in [0.15, 0.2) is 0 Å². The van der Waals surface area contributed by atoms with Crippen LogP contribution in [0.15, 0.2) is 0 Å². The molecular weight excluding hydrogens is 190 g/mol. The minimum atomic E-state index is 0.273. The molecule has 0 aromatic heterocycles. The first kappa shape index (κ1) is 12.9. The quantitative estimate of drug-likeness (QED) is 0.668. The zero-order valence-electron chi connectivity index (χ0n) is 9.95. The second-order valence-electron chi connectivity index (χ2n) is 4.34. The number of hydrogen-bond acceptors (Lipinski definition) is 3. The third-order valence-electron chi connectivity index (χ3n) is 3.04. The third-order valence-corrected chi connectivity index (χ3v) is 3.04. The molecule has 0 saturated carbocycles. The second kappa shape index (κ2) is 8.08. The maximum atomic E-state index is 8.96. The van der Waals surface area contributed by atoms with Crippen LogP contribution < -0.4 is 0 Å². The Hall–Kier alpha value is -0.120. The average molecular weight is 215 g/mol. The molecule has 1 atom stereocenters. The molecule has 0 aromatic rings. The van der Waals surface area contributed by atoms with Crippen LogP contribution >= 0.6 is 0 Å². The molecule has 1 N–H and O–H groups in total. The van der Waals surface area contributed by atoms with E-state index in [1.165, 1.54) is 25.7 Å². The molecule has 1 aliphatic heterocycles. The van der Waals surface area contributed by atoms with Gasteiger partial charge in [-0.2, -0.15) is 0 Å². The van der Waals surface area contributed by atoms with Crippen LogP contribution in [0.2, 0.25) is 0 Å². The van der Waals surface area contributed by atoms with Crippen molar-refractivity contribution in [3.05, 3.63) is 0 Å². The predicted octanol–water partition coefficient (Wildman–Crippen LogP) is 1.65. The lowest BCUT2D eigenvalue weighted by molar-refractivity contribution is 0.0882. The summed E-state index contributed by atoms with van der Waals surface area (Å²) in [6.45, 7) is 6.42. The number of aliphatic hydroxyl groups excluding tert-OH is 1.